The minimum absolute atomic E-state index is 0.411. The van der Waals surface area contributed by atoms with E-state index in [2.05, 4.69) is 39.7 Å². The van der Waals surface area contributed by atoms with Gasteiger partial charge in [-0.15, -0.1) is 12.3 Å². The van der Waals surface area contributed by atoms with Gasteiger partial charge in [-0.05, 0) is 61.9 Å². The van der Waals surface area contributed by atoms with Crippen LogP contribution in [-0.4, -0.2) is 6.61 Å². The summed E-state index contributed by atoms with van der Waals surface area (Å²) in [6, 6.07) is 2.13. The van der Waals surface area contributed by atoms with Crippen molar-refractivity contribution in [1.29, 1.82) is 0 Å². The van der Waals surface area contributed by atoms with Crippen molar-refractivity contribution in [2.45, 2.75) is 47.0 Å². The smallest absolute Gasteiger partial charge is 0.122 e. The van der Waals surface area contributed by atoms with Gasteiger partial charge in [-0.3, -0.25) is 0 Å². The Bertz CT molecular complexity index is 438. The highest BCUT2D eigenvalue weighted by Crippen LogP contribution is 2.33. The van der Waals surface area contributed by atoms with Crippen molar-refractivity contribution in [2.24, 2.45) is 0 Å². The molecule has 0 aliphatic carbocycles. The number of hydrogen-bond acceptors (Lipinski definition) is 1. The minimum atomic E-state index is 0.411. The van der Waals surface area contributed by atoms with Crippen molar-refractivity contribution >= 4 is 0 Å². The third-order valence-corrected chi connectivity index (χ3v) is 3.33. The van der Waals surface area contributed by atoms with E-state index in [1.165, 1.54) is 22.3 Å². The molecule has 1 unspecified atom stereocenters. The second-order valence-corrected chi connectivity index (χ2v) is 4.60. The Morgan fingerprint density at radius 2 is 1.94 bits per heavy atom. The Morgan fingerprint density at radius 1 is 1.29 bits per heavy atom. The second kappa shape index (κ2) is 5.77. The van der Waals surface area contributed by atoms with E-state index in [0.717, 1.165) is 12.2 Å². The highest BCUT2D eigenvalue weighted by Gasteiger charge is 2.15. The Hall–Kier alpha value is -1.42. The van der Waals surface area contributed by atoms with Crippen LogP contribution in [0.5, 0.6) is 5.75 Å². The van der Waals surface area contributed by atoms with Gasteiger partial charge in [0.25, 0.3) is 0 Å². The molecule has 0 aliphatic heterocycles. The number of rotatable bonds is 4. The van der Waals surface area contributed by atoms with Crippen molar-refractivity contribution in [3.8, 4) is 18.1 Å². The Morgan fingerprint density at radius 3 is 2.47 bits per heavy atom. The van der Waals surface area contributed by atoms with Crippen LogP contribution in [0.1, 0.15) is 48.4 Å². The predicted octanol–water partition coefficient (Wildman–Crippen LogP) is 4.14. The Kier molecular flexibility index (Phi) is 4.63. The highest BCUT2D eigenvalue weighted by atomic mass is 16.5. The molecule has 0 aromatic heterocycles. The number of ether oxygens (including phenoxy) is 1. The molecule has 92 valence electrons. The molecule has 0 saturated heterocycles. The van der Waals surface area contributed by atoms with Crippen LogP contribution in [0, 0.1) is 33.1 Å². The third kappa shape index (κ3) is 2.82. The summed E-state index contributed by atoms with van der Waals surface area (Å²) in [6.45, 7) is 11.3. The van der Waals surface area contributed by atoms with E-state index in [0.29, 0.717) is 12.5 Å². The van der Waals surface area contributed by atoms with Gasteiger partial charge >= 0.3 is 0 Å². The summed E-state index contributed by atoms with van der Waals surface area (Å²) in [4.78, 5) is 0. The molecule has 17 heavy (non-hydrogen) atoms. The van der Waals surface area contributed by atoms with Crippen LogP contribution in [0.25, 0.3) is 0 Å². The fraction of sp³-hybridized carbons (Fsp3) is 0.500. The molecule has 0 saturated carbocycles. The first-order valence-corrected chi connectivity index (χ1v) is 6.19. The summed E-state index contributed by atoms with van der Waals surface area (Å²) in [7, 11) is 0. The van der Waals surface area contributed by atoms with E-state index in [1.807, 2.05) is 6.92 Å². The SMILES string of the molecule is C#CCC(C)c1c(C)cc(OCC)c(C)c1C. The third-order valence-electron chi connectivity index (χ3n) is 3.33. The number of benzene rings is 1. The lowest BCUT2D eigenvalue weighted by Crippen LogP contribution is -2.04. The van der Waals surface area contributed by atoms with Crippen LogP contribution >= 0.6 is 0 Å². The van der Waals surface area contributed by atoms with Crippen LogP contribution in [0.4, 0.5) is 0 Å². The predicted molar refractivity (Wildman–Crippen MR) is 73.7 cm³/mol. The summed E-state index contributed by atoms with van der Waals surface area (Å²) < 4.78 is 5.65. The minimum Gasteiger partial charge on any atom is -0.494 e. The number of terminal acetylenes is 1. The normalized spacial score (nSPS) is 12.0. The maximum absolute atomic E-state index is 5.65. The first-order chi connectivity index (χ1) is 8.02. The highest BCUT2D eigenvalue weighted by molar-refractivity contribution is 5.49. The van der Waals surface area contributed by atoms with Crippen molar-refractivity contribution < 1.29 is 4.74 Å². The van der Waals surface area contributed by atoms with E-state index in [9.17, 15) is 0 Å². The molecule has 0 fully saturated rings. The topological polar surface area (TPSA) is 9.23 Å². The van der Waals surface area contributed by atoms with Crippen LogP contribution in [0.2, 0.25) is 0 Å². The molecular formula is C16H22O. The van der Waals surface area contributed by atoms with Gasteiger partial charge in [0.15, 0.2) is 0 Å². The molecule has 0 heterocycles. The van der Waals surface area contributed by atoms with Gasteiger partial charge in [0.1, 0.15) is 5.75 Å². The van der Waals surface area contributed by atoms with Crippen LogP contribution < -0.4 is 4.74 Å². The molecule has 0 amide bonds. The van der Waals surface area contributed by atoms with Crippen molar-refractivity contribution in [3.63, 3.8) is 0 Å². The van der Waals surface area contributed by atoms with Crippen LogP contribution in [0.15, 0.2) is 6.07 Å². The molecule has 0 radical (unpaired) electrons. The summed E-state index contributed by atoms with van der Waals surface area (Å²) in [6.07, 6.45) is 6.19. The van der Waals surface area contributed by atoms with Gasteiger partial charge in [-0.2, -0.15) is 0 Å². The fourth-order valence-corrected chi connectivity index (χ4v) is 2.41. The van der Waals surface area contributed by atoms with Crippen LogP contribution in [0.3, 0.4) is 0 Å². The molecule has 1 aromatic rings. The van der Waals surface area contributed by atoms with E-state index in [-0.39, 0.29) is 0 Å². The van der Waals surface area contributed by atoms with Crippen molar-refractivity contribution in [3.05, 3.63) is 28.3 Å². The largest absolute Gasteiger partial charge is 0.494 e. The lowest BCUT2D eigenvalue weighted by atomic mass is 9.87. The van der Waals surface area contributed by atoms with Gasteiger partial charge < -0.3 is 4.74 Å². The first kappa shape index (κ1) is 13.6. The lowest BCUT2D eigenvalue weighted by molar-refractivity contribution is 0.337. The molecule has 1 heteroatoms. The number of hydrogen-bond donors (Lipinski definition) is 0. The average molecular weight is 230 g/mol. The molecule has 0 bridgehead atoms. The molecular weight excluding hydrogens is 208 g/mol. The van der Waals surface area contributed by atoms with E-state index < -0.39 is 0 Å². The fourth-order valence-electron chi connectivity index (χ4n) is 2.41. The first-order valence-electron chi connectivity index (χ1n) is 6.19. The maximum atomic E-state index is 5.65. The molecule has 0 spiro atoms. The van der Waals surface area contributed by atoms with E-state index in [4.69, 9.17) is 11.2 Å². The molecule has 1 atom stereocenters. The monoisotopic (exact) mass is 230 g/mol. The average Bonchev–Trinajstić information content (AvgIpc) is 2.26. The zero-order valence-electron chi connectivity index (χ0n) is 11.6. The number of aryl methyl sites for hydroxylation is 1. The molecule has 1 nitrogen and oxygen atoms in total. The molecule has 0 aliphatic rings. The van der Waals surface area contributed by atoms with Crippen LogP contribution in [-0.2, 0) is 0 Å². The van der Waals surface area contributed by atoms with E-state index in [1.54, 1.807) is 0 Å². The van der Waals surface area contributed by atoms with Gasteiger partial charge in [-0.1, -0.05) is 6.92 Å². The molecule has 0 N–H and O–H groups in total. The summed E-state index contributed by atoms with van der Waals surface area (Å²) in [5.41, 5.74) is 5.20. The zero-order chi connectivity index (χ0) is 13.0. The van der Waals surface area contributed by atoms with E-state index >= 15 is 0 Å². The molecule has 1 aromatic carbocycles. The van der Waals surface area contributed by atoms with Gasteiger partial charge in [0.05, 0.1) is 6.61 Å². The summed E-state index contributed by atoms with van der Waals surface area (Å²) in [5, 5.41) is 0. The summed E-state index contributed by atoms with van der Waals surface area (Å²) in [5.74, 6) is 4.16. The molecule has 1 rings (SSSR count). The maximum Gasteiger partial charge on any atom is 0.122 e. The summed E-state index contributed by atoms with van der Waals surface area (Å²) >= 11 is 0. The lowest BCUT2D eigenvalue weighted by Gasteiger charge is -2.20. The Balaban J connectivity index is 3.26. The standard InChI is InChI=1S/C16H22O/c1-7-9-11(3)16-12(4)10-15(17-8-2)13(5)14(16)6/h1,10-11H,8-9H2,2-6H3. The Labute approximate surface area is 105 Å². The zero-order valence-corrected chi connectivity index (χ0v) is 11.6. The van der Waals surface area contributed by atoms with Crippen molar-refractivity contribution in [1.82, 2.24) is 0 Å². The van der Waals surface area contributed by atoms with Crippen molar-refractivity contribution in [2.75, 3.05) is 6.61 Å². The second-order valence-electron chi connectivity index (χ2n) is 4.60. The van der Waals surface area contributed by atoms with Gasteiger partial charge in [-0.25, -0.2) is 0 Å². The quantitative estimate of drug-likeness (QED) is 0.706. The van der Waals surface area contributed by atoms with Gasteiger partial charge in [0.2, 0.25) is 0 Å². The van der Waals surface area contributed by atoms with Gasteiger partial charge in [0, 0.05) is 6.42 Å².